The highest BCUT2D eigenvalue weighted by Crippen LogP contribution is 2.16. The molecule has 0 saturated carbocycles. The number of rotatable bonds is 5. The van der Waals surface area contributed by atoms with Gasteiger partial charge in [-0.15, -0.1) is 0 Å². The van der Waals surface area contributed by atoms with E-state index in [1.54, 1.807) is 6.08 Å². The summed E-state index contributed by atoms with van der Waals surface area (Å²) in [6, 6.07) is 11.3. The van der Waals surface area contributed by atoms with Gasteiger partial charge in [0.25, 0.3) is 0 Å². The zero-order chi connectivity index (χ0) is 11.8. The van der Waals surface area contributed by atoms with E-state index in [1.807, 2.05) is 36.4 Å². The summed E-state index contributed by atoms with van der Waals surface area (Å²) in [6.07, 6.45) is 2.10. The topological polar surface area (TPSA) is 56.8 Å². The maximum Gasteiger partial charge on any atom is 0.137 e. The second-order valence-corrected chi connectivity index (χ2v) is 3.26. The normalized spacial score (nSPS) is 9.19. The molecule has 1 rings (SSSR count). The van der Waals surface area contributed by atoms with E-state index in [-0.39, 0.29) is 0 Å². The van der Waals surface area contributed by atoms with Gasteiger partial charge in [0.2, 0.25) is 0 Å². The van der Waals surface area contributed by atoms with Gasteiger partial charge >= 0.3 is 0 Å². The number of ether oxygens (including phenoxy) is 1. The molecular formula is C13H12N2O. The maximum absolute atomic E-state index is 8.68. The van der Waals surface area contributed by atoms with Crippen molar-refractivity contribution in [1.29, 1.82) is 10.5 Å². The van der Waals surface area contributed by atoms with Crippen LogP contribution in [0, 0.1) is 28.6 Å². The van der Waals surface area contributed by atoms with Gasteiger partial charge in [-0.05, 0) is 17.7 Å². The summed E-state index contributed by atoms with van der Waals surface area (Å²) < 4.78 is 5.36. The number of benzene rings is 1. The molecule has 3 heteroatoms. The fourth-order valence-electron chi connectivity index (χ4n) is 1.27. The van der Waals surface area contributed by atoms with Gasteiger partial charge in [0.05, 0.1) is 12.1 Å². The molecule has 0 bridgehead atoms. The lowest BCUT2D eigenvalue weighted by Crippen LogP contribution is -1.99. The van der Waals surface area contributed by atoms with Crippen LogP contribution < -0.4 is 4.74 Å². The van der Waals surface area contributed by atoms with Crippen molar-refractivity contribution < 1.29 is 4.74 Å². The summed E-state index contributed by atoms with van der Waals surface area (Å²) in [5.41, 5.74) is 0.926. The third-order valence-electron chi connectivity index (χ3n) is 2.02. The van der Waals surface area contributed by atoms with E-state index in [4.69, 9.17) is 15.3 Å². The highest BCUT2D eigenvalue weighted by Gasteiger charge is 2.07. The van der Waals surface area contributed by atoms with Gasteiger partial charge in [0, 0.05) is 6.42 Å². The molecule has 3 nitrogen and oxygen atoms in total. The van der Waals surface area contributed by atoms with Crippen LogP contribution in [0.5, 0.6) is 5.75 Å². The molecule has 0 fully saturated rings. The molecule has 0 aromatic heterocycles. The first-order valence-corrected chi connectivity index (χ1v) is 4.92. The Morgan fingerprint density at radius 3 is 2.75 bits per heavy atom. The van der Waals surface area contributed by atoms with E-state index < -0.39 is 5.92 Å². The number of nitriles is 2. The standard InChI is InChI=1S/C13H12N2O/c1-2-6-16-13-5-3-4-11(8-13)7-12(9-14)10-15/h2-5,8,12H,1,6-7H2. The van der Waals surface area contributed by atoms with Crippen molar-refractivity contribution in [1.82, 2.24) is 0 Å². The predicted molar refractivity (Wildman–Crippen MR) is 60.6 cm³/mol. The van der Waals surface area contributed by atoms with Crippen molar-refractivity contribution >= 4 is 0 Å². The Morgan fingerprint density at radius 1 is 1.38 bits per heavy atom. The van der Waals surface area contributed by atoms with Crippen molar-refractivity contribution in [2.45, 2.75) is 6.42 Å². The van der Waals surface area contributed by atoms with E-state index >= 15 is 0 Å². The molecular weight excluding hydrogens is 200 g/mol. The molecule has 16 heavy (non-hydrogen) atoms. The van der Waals surface area contributed by atoms with Crippen LogP contribution in [0.4, 0.5) is 0 Å². The first kappa shape index (κ1) is 11.8. The second-order valence-electron chi connectivity index (χ2n) is 3.26. The number of hydrogen-bond acceptors (Lipinski definition) is 3. The van der Waals surface area contributed by atoms with Gasteiger partial charge in [-0.1, -0.05) is 24.8 Å². The molecule has 0 amide bonds. The van der Waals surface area contributed by atoms with Crippen LogP contribution >= 0.6 is 0 Å². The first-order valence-electron chi connectivity index (χ1n) is 4.92. The van der Waals surface area contributed by atoms with Crippen molar-refractivity contribution in [3.8, 4) is 17.9 Å². The molecule has 0 spiro atoms. The van der Waals surface area contributed by atoms with Crippen LogP contribution in [-0.4, -0.2) is 6.61 Å². The van der Waals surface area contributed by atoms with Crippen LogP contribution in [0.2, 0.25) is 0 Å². The van der Waals surface area contributed by atoms with E-state index in [0.29, 0.717) is 13.0 Å². The average Bonchev–Trinajstić information content (AvgIpc) is 2.34. The molecule has 0 heterocycles. The quantitative estimate of drug-likeness (QED) is 0.704. The van der Waals surface area contributed by atoms with Crippen molar-refractivity contribution in [3.05, 3.63) is 42.5 Å². The van der Waals surface area contributed by atoms with E-state index in [9.17, 15) is 0 Å². The minimum absolute atomic E-state index is 0.429. The smallest absolute Gasteiger partial charge is 0.137 e. The predicted octanol–water partition coefficient (Wildman–Crippen LogP) is 2.46. The summed E-state index contributed by atoms with van der Waals surface area (Å²) in [6.45, 7) is 4.01. The fourth-order valence-corrected chi connectivity index (χ4v) is 1.27. The SMILES string of the molecule is C=CCOc1cccc(CC(C#N)C#N)c1. The number of hydrogen-bond donors (Lipinski definition) is 0. The maximum atomic E-state index is 8.68. The highest BCUT2D eigenvalue weighted by molar-refractivity contribution is 5.30. The largest absolute Gasteiger partial charge is 0.490 e. The first-order chi connectivity index (χ1) is 7.80. The lowest BCUT2D eigenvalue weighted by atomic mass is 10.0. The molecule has 0 aliphatic carbocycles. The van der Waals surface area contributed by atoms with Gasteiger partial charge < -0.3 is 4.74 Å². The molecule has 80 valence electrons. The zero-order valence-electron chi connectivity index (χ0n) is 8.89. The highest BCUT2D eigenvalue weighted by atomic mass is 16.5. The monoisotopic (exact) mass is 212 g/mol. The minimum atomic E-state index is -0.602. The van der Waals surface area contributed by atoms with E-state index in [0.717, 1.165) is 11.3 Å². The van der Waals surface area contributed by atoms with Crippen LogP contribution in [-0.2, 0) is 6.42 Å². The van der Waals surface area contributed by atoms with Crippen molar-refractivity contribution in [2.75, 3.05) is 6.61 Å². The zero-order valence-corrected chi connectivity index (χ0v) is 8.89. The molecule has 0 radical (unpaired) electrons. The van der Waals surface area contributed by atoms with Gasteiger partial charge in [-0.25, -0.2) is 0 Å². The number of nitrogens with zero attached hydrogens (tertiary/aromatic N) is 2. The fraction of sp³-hybridized carbons (Fsp3) is 0.231. The Hall–Kier alpha value is -2.26. The van der Waals surface area contributed by atoms with Gasteiger partial charge in [0.1, 0.15) is 18.3 Å². The van der Waals surface area contributed by atoms with Crippen LogP contribution in [0.3, 0.4) is 0 Å². The molecule has 0 unspecified atom stereocenters. The molecule has 0 aliphatic heterocycles. The molecule has 0 N–H and O–H groups in total. The van der Waals surface area contributed by atoms with Gasteiger partial charge in [-0.2, -0.15) is 10.5 Å². The van der Waals surface area contributed by atoms with Crippen molar-refractivity contribution in [2.24, 2.45) is 5.92 Å². The van der Waals surface area contributed by atoms with Gasteiger partial charge in [-0.3, -0.25) is 0 Å². The molecule has 0 atom stereocenters. The summed E-state index contributed by atoms with van der Waals surface area (Å²) in [4.78, 5) is 0. The lowest BCUT2D eigenvalue weighted by Gasteiger charge is -2.06. The van der Waals surface area contributed by atoms with Crippen LogP contribution in [0.15, 0.2) is 36.9 Å². The lowest BCUT2D eigenvalue weighted by molar-refractivity contribution is 0.363. The third kappa shape index (κ3) is 3.48. The summed E-state index contributed by atoms with van der Waals surface area (Å²) in [7, 11) is 0. The third-order valence-corrected chi connectivity index (χ3v) is 2.02. The van der Waals surface area contributed by atoms with E-state index in [1.165, 1.54) is 0 Å². The molecule has 0 aliphatic rings. The Bertz CT molecular complexity index is 426. The minimum Gasteiger partial charge on any atom is -0.490 e. The summed E-state index contributed by atoms with van der Waals surface area (Å²) in [5.74, 6) is 0.127. The van der Waals surface area contributed by atoms with Crippen molar-refractivity contribution in [3.63, 3.8) is 0 Å². The Kier molecular flexibility index (Phi) is 4.63. The Balaban J connectivity index is 2.71. The molecule has 0 saturated heterocycles. The average molecular weight is 212 g/mol. The Labute approximate surface area is 95.2 Å². The molecule has 1 aromatic rings. The summed E-state index contributed by atoms with van der Waals surface area (Å²) >= 11 is 0. The van der Waals surface area contributed by atoms with E-state index in [2.05, 4.69) is 6.58 Å². The molecule has 1 aromatic carbocycles. The second kappa shape index (κ2) is 6.27. The Morgan fingerprint density at radius 2 is 2.12 bits per heavy atom. The van der Waals surface area contributed by atoms with Crippen LogP contribution in [0.1, 0.15) is 5.56 Å². The summed E-state index contributed by atoms with van der Waals surface area (Å²) in [5, 5.41) is 17.4. The van der Waals surface area contributed by atoms with Crippen LogP contribution in [0.25, 0.3) is 0 Å². The van der Waals surface area contributed by atoms with Gasteiger partial charge in [0.15, 0.2) is 0 Å².